The largest absolute Gasteiger partial charge is 0.444 e. The Hall–Kier alpha value is -2.17. The normalized spacial score (nSPS) is 16.7. The highest BCUT2D eigenvalue weighted by Gasteiger charge is 2.27. The number of amides is 1. The van der Waals surface area contributed by atoms with E-state index in [2.05, 4.69) is 22.9 Å². The van der Waals surface area contributed by atoms with Crippen LogP contribution in [0.1, 0.15) is 39.7 Å². The van der Waals surface area contributed by atoms with E-state index in [1.807, 2.05) is 37.8 Å². The fourth-order valence-electron chi connectivity index (χ4n) is 3.14. The maximum atomic E-state index is 12.1. The van der Waals surface area contributed by atoms with E-state index in [1.54, 1.807) is 0 Å². The lowest BCUT2D eigenvalue weighted by atomic mass is 10.0. The lowest BCUT2D eigenvalue weighted by Gasteiger charge is -2.34. The Morgan fingerprint density at radius 2 is 1.91 bits per heavy atom. The molecule has 0 saturated carbocycles. The molecule has 0 radical (unpaired) electrons. The van der Waals surface area contributed by atoms with Crippen LogP contribution in [0.3, 0.4) is 0 Å². The van der Waals surface area contributed by atoms with Crippen molar-refractivity contribution >= 4 is 22.7 Å². The van der Waals surface area contributed by atoms with Gasteiger partial charge in [-0.1, -0.05) is 6.07 Å². The Morgan fingerprint density at radius 3 is 2.57 bits per heavy atom. The van der Waals surface area contributed by atoms with Gasteiger partial charge < -0.3 is 19.9 Å². The Bertz CT molecular complexity index is 707. The summed E-state index contributed by atoms with van der Waals surface area (Å²) in [6, 6.07) is 8.52. The number of hydrogen-bond donors (Lipinski definition) is 1. The quantitative estimate of drug-likeness (QED) is 0.814. The molecule has 0 atom stereocenters. The highest BCUT2D eigenvalue weighted by Crippen LogP contribution is 2.29. The highest BCUT2D eigenvalue weighted by molar-refractivity contribution is 5.83. The molecule has 23 heavy (non-hydrogen) atoms. The average molecular weight is 315 g/mol. The molecule has 3 rings (SSSR count). The van der Waals surface area contributed by atoms with E-state index >= 15 is 0 Å². The van der Waals surface area contributed by atoms with Crippen LogP contribution in [0.4, 0.5) is 10.5 Å². The van der Waals surface area contributed by atoms with Crippen molar-refractivity contribution in [2.24, 2.45) is 0 Å². The number of carbonyl (C=O) groups excluding carboxylic acids is 1. The first kappa shape index (κ1) is 15.7. The summed E-state index contributed by atoms with van der Waals surface area (Å²) in [4.78, 5) is 14.0. The van der Waals surface area contributed by atoms with Crippen molar-refractivity contribution in [1.29, 1.82) is 0 Å². The van der Waals surface area contributed by atoms with Crippen LogP contribution in [-0.2, 0) is 4.74 Å². The molecule has 1 amide bonds. The first-order valence-electron chi connectivity index (χ1n) is 8.17. The molecule has 124 valence electrons. The van der Waals surface area contributed by atoms with Gasteiger partial charge in [0, 0.05) is 31.0 Å². The van der Waals surface area contributed by atoms with Crippen molar-refractivity contribution in [2.45, 2.75) is 45.3 Å². The lowest BCUT2D eigenvalue weighted by molar-refractivity contribution is 0.0190. The van der Waals surface area contributed by atoms with E-state index in [-0.39, 0.29) is 6.09 Å². The van der Waals surface area contributed by atoms with Crippen LogP contribution in [0.5, 0.6) is 0 Å². The van der Waals surface area contributed by atoms with Gasteiger partial charge in [-0.2, -0.15) is 0 Å². The minimum absolute atomic E-state index is 0.211. The van der Waals surface area contributed by atoms with E-state index < -0.39 is 5.60 Å². The number of carbonyl (C=O) groups is 1. The number of anilines is 1. The molecule has 2 aromatic rings. The van der Waals surface area contributed by atoms with Gasteiger partial charge >= 0.3 is 6.09 Å². The number of aromatic nitrogens is 1. The molecule has 0 aliphatic carbocycles. The zero-order valence-corrected chi connectivity index (χ0v) is 14.1. The first-order valence-corrected chi connectivity index (χ1v) is 8.17. The first-order chi connectivity index (χ1) is 10.8. The van der Waals surface area contributed by atoms with Gasteiger partial charge in [-0.15, -0.1) is 0 Å². The number of piperidine rings is 1. The monoisotopic (exact) mass is 315 g/mol. The molecule has 1 aromatic heterocycles. The minimum Gasteiger partial charge on any atom is -0.444 e. The van der Waals surface area contributed by atoms with Crippen LogP contribution in [0.25, 0.3) is 10.9 Å². The van der Waals surface area contributed by atoms with Gasteiger partial charge in [-0.05, 0) is 57.2 Å². The van der Waals surface area contributed by atoms with Gasteiger partial charge in [-0.25, -0.2) is 4.79 Å². The van der Waals surface area contributed by atoms with Crippen molar-refractivity contribution in [2.75, 3.05) is 18.8 Å². The number of fused-ring (bicyclic) bond motifs is 1. The molecule has 0 bridgehead atoms. The van der Waals surface area contributed by atoms with Crippen molar-refractivity contribution in [1.82, 2.24) is 9.47 Å². The predicted molar refractivity (Wildman–Crippen MR) is 92.4 cm³/mol. The van der Waals surface area contributed by atoms with E-state index in [4.69, 9.17) is 10.5 Å². The van der Waals surface area contributed by atoms with Gasteiger partial charge in [0.15, 0.2) is 0 Å². The van der Waals surface area contributed by atoms with Crippen LogP contribution in [0, 0.1) is 0 Å². The number of benzene rings is 1. The summed E-state index contributed by atoms with van der Waals surface area (Å²) in [5, 5.41) is 1.20. The number of likely N-dealkylation sites (tertiary alicyclic amines) is 1. The van der Waals surface area contributed by atoms with Crippen molar-refractivity contribution in [3.05, 3.63) is 30.5 Å². The van der Waals surface area contributed by atoms with Crippen LogP contribution in [-0.4, -0.2) is 34.3 Å². The molecule has 5 nitrogen and oxygen atoms in total. The third-order valence-electron chi connectivity index (χ3n) is 4.26. The smallest absolute Gasteiger partial charge is 0.410 e. The summed E-state index contributed by atoms with van der Waals surface area (Å²) in [5.74, 6) is 0. The SMILES string of the molecule is CC(C)(C)OC(=O)N1CCC(n2ccc3ccc(N)cc32)CC1. The van der Waals surface area contributed by atoms with Crippen LogP contribution >= 0.6 is 0 Å². The summed E-state index contributed by atoms with van der Waals surface area (Å²) in [7, 11) is 0. The summed E-state index contributed by atoms with van der Waals surface area (Å²) in [6.45, 7) is 7.14. The van der Waals surface area contributed by atoms with E-state index in [0.717, 1.165) is 31.6 Å². The molecule has 1 aliphatic rings. The van der Waals surface area contributed by atoms with Crippen LogP contribution in [0.2, 0.25) is 0 Å². The fourth-order valence-corrected chi connectivity index (χ4v) is 3.14. The molecule has 1 aromatic carbocycles. The predicted octanol–water partition coefficient (Wildman–Crippen LogP) is 3.80. The maximum absolute atomic E-state index is 12.1. The summed E-state index contributed by atoms with van der Waals surface area (Å²) >= 11 is 0. The fraction of sp³-hybridized carbons (Fsp3) is 0.500. The zero-order chi connectivity index (χ0) is 16.6. The average Bonchev–Trinajstić information content (AvgIpc) is 2.88. The molecule has 1 aliphatic heterocycles. The molecular formula is C18H25N3O2. The summed E-state index contributed by atoms with van der Waals surface area (Å²) in [6.07, 6.45) is 3.77. The summed E-state index contributed by atoms with van der Waals surface area (Å²) < 4.78 is 7.74. The number of ether oxygens (including phenoxy) is 1. The molecule has 0 spiro atoms. The van der Waals surface area contributed by atoms with E-state index in [9.17, 15) is 4.79 Å². The third kappa shape index (κ3) is 3.44. The third-order valence-corrected chi connectivity index (χ3v) is 4.26. The van der Waals surface area contributed by atoms with Crippen molar-refractivity contribution in [3.8, 4) is 0 Å². The standard InChI is InChI=1S/C18H25N3O2/c1-18(2,3)23-17(22)20-9-7-15(8-10-20)21-11-6-13-4-5-14(19)12-16(13)21/h4-6,11-12,15H,7-10,19H2,1-3H3. The second kappa shape index (κ2) is 5.80. The van der Waals surface area contributed by atoms with Gasteiger partial charge in [0.05, 0.1) is 5.52 Å². The number of nitrogens with zero attached hydrogens (tertiary/aromatic N) is 2. The van der Waals surface area contributed by atoms with Crippen molar-refractivity contribution in [3.63, 3.8) is 0 Å². The topological polar surface area (TPSA) is 60.5 Å². The van der Waals surface area contributed by atoms with Gasteiger partial charge in [-0.3, -0.25) is 0 Å². The zero-order valence-electron chi connectivity index (χ0n) is 14.1. The second-order valence-electron chi connectivity index (χ2n) is 7.24. The number of hydrogen-bond acceptors (Lipinski definition) is 3. The van der Waals surface area contributed by atoms with Gasteiger partial charge in [0.2, 0.25) is 0 Å². The highest BCUT2D eigenvalue weighted by atomic mass is 16.6. The minimum atomic E-state index is -0.442. The maximum Gasteiger partial charge on any atom is 0.410 e. The Kier molecular flexibility index (Phi) is 3.96. The molecule has 1 saturated heterocycles. The lowest BCUT2D eigenvalue weighted by Crippen LogP contribution is -2.42. The second-order valence-corrected chi connectivity index (χ2v) is 7.24. The molecule has 1 fully saturated rings. The molecule has 5 heteroatoms. The molecule has 0 unspecified atom stereocenters. The molecular weight excluding hydrogens is 290 g/mol. The van der Waals surface area contributed by atoms with E-state index in [1.165, 1.54) is 10.9 Å². The van der Waals surface area contributed by atoms with E-state index in [0.29, 0.717) is 6.04 Å². The van der Waals surface area contributed by atoms with Crippen LogP contribution < -0.4 is 5.73 Å². The number of nitrogen functional groups attached to an aromatic ring is 1. The Labute approximate surface area is 137 Å². The summed E-state index contributed by atoms with van der Waals surface area (Å²) in [5.41, 5.74) is 7.43. The van der Waals surface area contributed by atoms with Crippen molar-refractivity contribution < 1.29 is 9.53 Å². The molecule has 2 N–H and O–H groups in total. The number of nitrogens with two attached hydrogens (primary N) is 1. The Balaban J connectivity index is 1.69. The van der Waals surface area contributed by atoms with Crippen LogP contribution in [0.15, 0.2) is 30.5 Å². The molecule has 2 heterocycles. The Morgan fingerprint density at radius 1 is 1.22 bits per heavy atom. The number of rotatable bonds is 1. The van der Waals surface area contributed by atoms with Gasteiger partial charge in [0.1, 0.15) is 5.60 Å². The van der Waals surface area contributed by atoms with Gasteiger partial charge in [0.25, 0.3) is 0 Å².